The van der Waals surface area contributed by atoms with E-state index in [-0.39, 0.29) is 5.03 Å². The van der Waals surface area contributed by atoms with Crippen molar-refractivity contribution in [1.29, 1.82) is 0 Å². The van der Waals surface area contributed by atoms with Crippen LogP contribution in [-0.4, -0.2) is 18.0 Å². The second kappa shape index (κ2) is 6.40. The van der Waals surface area contributed by atoms with Crippen molar-refractivity contribution in [3.8, 4) is 0 Å². The van der Waals surface area contributed by atoms with Gasteiger partial charge in [-0.2, -0.15) is 0 Å². The van der Waals surface area contributed by atoms with Crippen molar-refractivity contribution in [1.82, 2.24) is 9.55 Å². The van der Waals surface area contributed by atoms with Crippen LogP contribution in [0.25, 0.3) is 0 Å². The molecule has 98 valence electrons. The molecule has 4 nitrogen and oxygen atoms in total. The van der Waals surface area contributed by atoms with Crippen LogP contribution in [0.2, 0.25) is 0 Å². The lowest BCUT2D eigenvalue weighted by Crippen LogP contribution is -2.08. The van der Waals surface area contributed by atoms with E-state index in [1.807, 2.05) is 0 Å². The Morgan fingerprint density at radius 3 is 2.65 bits per heavy atom. The van der Waals surface area contributed by atoms with Crippen molar-refractivity contribution >= 4 is 19.7 Å². The Bertz CT molecular complexity index is 442. The molecule has 0 aliphatic carbocycles. The highest BCUT2D eigenvalue weighted by atomic mass is 35.7. The van der Waals surface area contributed by atoms with Gasteiger partial charge in [-0.15, -0.1) is 0 Å². The van der Waals surface area contributed by atoms with Crippen molar-refractivity contribution in [2.24, 2.45) is 5.92 Å². The second-order valence-electron chi connectivity index (χ2n) is 4.26. The molecule has 0 radical (unpaired) electrons. The van der Waals surface area contributed by atoms with Gasteiger partial charge in [-0.1, -0.05) is 33.1 Å². The molecule has 0 saturated carbocycles. The van der Waals surface area contributed by atoms with E-state index in [0.29, 0.717) is 5.92 Å². The van der Waals surface area contributed by atoms with Crippen LogP contribution < -0.4 is 0 Å². The van der Waals surface area contributed by atoms with Crippen molar-refractivity contribution < 1.29 is 8.42 Å². The molecule has 0 N–H and O–H groups in total. The van der Waals surface area contributed by atoms with Crippen LogP contribution >= 0.6 is 10.7 Å². The summed E-state index contributed by atoms with van der Waals surface area (Å²) in [5.74, 6) is 0.565. The normalized spacial score (nSPS) is 13.8. The molecule has 1 aromatic heterocycles. The molecule has 0 aromatic carbocycles. The first-order valence-electron chi connectivity index (χ1n) is 5.93. The molecule has 1 rings (SSSR count). The standard InChI is InChI=1S/C11H19ClN2O2S/c1-3-5-6-10(4-2)7-14-8-11(13-9-14)17(12,15)16/h8-10H,3-7H2,1-2H3. The molecular weight excluding hydrogens is 260 g/mol. The molecule has 0 aliphatic rings. The van der Waals surface area contributed by atoms with Gasteiger partial charge in [0.05, 0.1) is 6.33 Å². The van der Waals surface area contributed by atoms with Crippen molar-refractivity contribution in [2.75, 3.05) is 0 Å². The van der Waals surface area contributed by atoms with Crippen LogP contribution in [0, 0.1) is 5.92 Å². The third-order valence-corrected chi connectivity index (χ3v) is 4.06. The first-order valence-corrected chi connectivity index (χ1v) is 8.24. The fourth-order valence-electron chi connectivity index (χ4n) is 1.78. The summed E-state index contributed by atoms with van der Waals surface area (Å²) < 4.78 is 23.9. The zero-order chi connectivity index (χ0) is 12.9. The second-order valence-corrected chi connectivity index (χ2v) is 6.78. The summed E-state index contributed by atoms with van der Waals surface area (Å²) in [6, 6.07) is 0. The predicted octanol–water partition coefficient (Wildman–Crippen LogP) is 3.03. The lowest BCUT2D eigenvalue weighted by atomic mass is 9.99. The number of aromatic nitrogens is 2. The van der Waals surface area contributed by atoms with Gasteiger partial charge in [-0.3, -0.25) is 0 Å². The maximum Gasteiger partial charge on any atom is 0.280 e. The van der Waals surface area contributed by atoms with Gasteiger partial charge >= 0.3 is 0 Å². The first-order chi connectivity index (χ1) is 7.97. The number of hydrogen-bond donors (Lipinski definition) is 0. The van der Waals surface area contributed by atoms with Crippen LogP contribution in [0.1, 0.15) is 39.5 Å². The minimum Gasteiger partial charge on any atom is -0.336 e. The number of nitrogens with zero attached hydrogens (tertiary/aromatic N) is 2. The Labute approximate surface area is 107 Å². The molecule has 1 heterocycles. The van der Waals surface area contributed by atoms with Gasteiger partial charge < -0.3 is 4.57 Å². The van der Waals surface area contributed by atoms with Crippen molar-refractivity contribution in [3.05, 3.63) is 12.5 Å². The van der Waals surface area contributed by atoms with Crippen LogP contribution in [0.4, 0.5) is 0 Å². The molecule has 6 heteroatoms. The third-order valence-electron chi connectivity index (χ3n) is 2.87. The van der Waals surface area contributed by atoms with E-state index in [2.05, 4.69) is 18.8 Å². The Hall–Kier alpha value is -0.550. The van der Waals surface area contributed by atoms with Gasteiger partial charge in [0, 0.05) is 23.4 Å². The summed E-state index contributed by atoms with van der Waals surface area (Å²) in [6.45, 7) is 5.12. The van der Waals surface area contributed by atoms with Crippen molar-refractivity contribution in [3.63, 3.8) is 0 Å². The predicted molar refractivity (Wildman–Crippen MR) is 68.6 cm³/mol. The van der Waals surface area contributed by atoms with Gasteiger partial charge in [0.1, 0.15) is 0 Å². The van der Waals surface area contributed by atoms with Crippen molar-refractivity contribution in [2.45, 2.75) is 51.1 Å². The van der Waals surface area contributed by atoms with Crippen LogP contribution in [-0.2, 0) is 15.6 Å². The quantitative estimate of drug-likeness (QED) is 0.721. The lowest BCUT2D eigenvalue weighted by molar-refractivity contribution is 0.390. The molecule has 17 heavy (non-hydrogen) atoms. The lowest BCUT2D eigenvalue weighted by Gasteiger charge is -2.14. The zero-order valence-electron chi connectivity index (χ0n) is 10.3. The molecule has 0 saturated heterocycles. The molecule has 0 fully saturated rings. The monoisotopic (exact) mass is 278 g/mol. The topological polar surface area (TPSA) is 52.0 Å². The van der Waals surface area contributed by atoms with E-state index < -0.39 is 9.05 Å². The van der Waals surface area contributed by atoms with Crippen LogP contribution in [0.5, 0.6) is 0 Å². The Morgan fingerprint density at radius 2 is 2.18 bits per heavy atom. The number of hydrogen-bond acceptors (Lipinski definition) is 3. The van der Waals surface area contributed by atoms with E-state index in [1.165, 1.54) is 25.4 Å². The summed E-state index contributed by atoms with van der Waals surface area (Å²) in [7, 11) is 1.52. The maximum absolute atomic E-state index is 11.1. The summed E-state index contributed by atoms with van der Waals surface area (Å²) in [5, 5.41) is -0.0653. The smallest absolute Gasteiger partial charge is 0.280 e. The highest BCUT2D eigenvalue weighted by Crippen LogP contribution is 2.17. The Kier molecular flexibility index (Phi) is 5.46. The third kappa shape index (κ3) is 4.68. The molecular formula is C11H19ClN2O2S. The molecule has 0 amide bonds. The number of rotatable bonds is 7. The van der Waals surface area contributed by atoms with E-state index >= 15 is 0 Å². The number of unbranched alkanes of at least 4 members (excludes halogenated alkanes) is 1. The largest absolute Gasteiger partial charge is 0.336 e. The zero-order valence-corrected chi connectivity index (χ0v) is 11.8. The number of halogens is 1. The Balaban J connectivity index is 2.64. The van der Waals surface area contributed by atoms with E-state index in [9.17, 15) is 8.42 Å². The molecule has 1 atom stereocenters. The van der Waals surface area contributed by atoms with E-state index in [4.69, 9.17) is 10.7 Å². The fourth-order valence-corrected chi connectivity index (χ4v) is 2.45. The van der Waals surface area contributed by atoms with Gasteiger partial charge in [-0.05, 0) is 12.3 Å². The summed E-state index contributed by atoms with van der Waals surface area (Å²) >= 11 is 0. The van der Waals surface area contributed by atoms with Gasteiger partial charge in [-0.25, -0.2) is 13.4 Å². The van der Waals surface area contributed by atoms with Gasteiger partial charge in [0.25, 0.3) is 9.05 Å². The average Bonchev–Trinajstić information content (AvgIpc) is 2.72. The first kappa shape index (κ1) is 14.5. The summed E-state index contributed by atoms with van der Waals surface area (Å²) in [4.78, 5) is 3.80. The summed E-state index contributed by atoms with van der Waals surface area (Å²) in [6.07, 6.45) is 7.66. The highest BCUT2D eigenvalue weighted by Gasteiger charge is 2.14. The minimum absolute atomic E-state index is 0.0653. The molecule has 0 aliphatic heterocycles. The van der Waals surface area contributed by atoms with Crippen LogP contribution in [0.15, 0.2) is 17.6 Å². The van der Waals surface area contributed by atoms with E-state index in [0.717, 1.165) is 19.4 Å². The Morgan fingerprint density at radius 1 is 1.47 bits per heavy atom. The SMILES string of the molecule is CCCCC(CC)Cn1cnc(S(=O)(=O)Cl)c1. The molecule has 1 unspecified atom stereocenters. The number of imidazole rings is 1. The van der Waals surface area contributed by atoms with Gasteiger partial charge in [0.15, 0.2) is 5.03 Å². The van der Waals surface area contributed by atoms with Crippen LogP contribution in [0.3, 0.4) is 0 Å². The van der Waals surface area contributed by atoms with Gasteiger partial charge in [0.2, 0.25) is 0 Å². The minimum atomic E-state index is -3.70. The molecule has 0 spiro atoms. The maximum atomic E-state index is 11.1. The van der Waals surface area contributed by atoms with E-state index in [1.54, 1.807) is 4.57 Å². The highest BCUT2D eigenvalue weighted by molar-refractivity contribution is 8.13. The fraction of sp³-hybridized carbons (Fsp3) is 0.727. The summed E-state index contributed by atoms with van der Waals surface area (Å²) in [5.41, 5.74) is 0. The average molecular weight is 279 g/mol. The molecule has 0 bridgehead atoms. The molecule has 1 aromatic rings.